The van der Waals surface area contributed by atoms with Gasteiger partial charge in [0.1, 0.15) is 0 Å². The number of rotatable bonds is 6. The molecule has 0 aromatic carbocycles. The maximum absolute atomic E-state index is 12.5. The molecule has 152 valence electrons. The number of ether oxygens (including phenoxy) is 4. The first kappa shape index (κ1) is 19.2. The van der Waals surface area contributed by atoms with Gasteiger partial charge in [0.15, 0.2) is 0 Å². The van der Waals surface area contributed by atoms with E-state index in [9.17, 15) is 9.59 Å². The molecule has 0 aromatic rings. The standard InChI is InChI=1S/C21H32O6/c1-11-5-15-17(26-15)7-13(11)19(22)24-9-21(3,4)10-25-20(23)14-8-18-16(27-18)6-12(14)2/h11-18H,5-10H2,1-4H3. The van der Waals surface area contributed by atoms with Crippen molar-refractivity contribution < 1.29 is 28.5 Å². The van der Waals surface area contributed by atoms with Crippen LogP contribution in [0, 0.1) is 29.1 Å². The molecule has 0 spiro atoms. The van der Waals surface area contributed by atoms with E-state index >= 15 is 0 Å². The first-order chi connectivity index (χ1) is 12.7. The molecule has 4 aliphatic rings. The minimum absolute atomic E-state index is 0.0818. The average Bonchev–Trinajstić information content (AvgIpc) is 3.51. The lowest BCUT2D eigenvalue weighted by Crippen LogP contribution is -2.36. The van der Waals surface area contributed by atoms with Gasteiger partial charge in [0.25, 0.3) is 0 Å². The number of fused-ring (bicyclic) bond motifs is 2. The number of hydrogen-bond donors (Lipinski definition) is 0. The van der Waals surface area contributed by atoms with Crippen molar-refractivity contribution in [3.8, 4) is 0 Å². The molecule has 4 rings (SSSR count). The molecule has 2 saturated heterocycles. The Kier molecular flexibility index (Phi) is 5.00. The fourth-order valence-corrected chi connectivity index (χ4v) is 4.66. The lowest BCUT2D eigenvalue weighted by molar-refractivity contribution is -0.160. The summed E-state index contributed by atoms with van der Waals surface area (Å²) in [5, 5.41) is 0. The zero-order valence-electron chi connectivity index (χ0n) is 16.8. The lowest BCUT2D eigenvalue weighted by Gasteiger charge is -2.29. The summed E-state index contributed by atoms with van der Waals surface area (Å²) in [5.41, 5.74) is -0.404. The molecule has 0 radical (unpaired) electrons. The fourth-order valence-electron chi connectivity index (χ4n) is 4.66. The maximum Gasteiger partial charge on any atom is 0.309 e. The van der Waals surface area contributed by atoms with Crippen LogP contribution in [0.4, 0.5) is 0 Å². The molecule has 2 aliphatic carbocycles. The van der Waals surface area contributed by atoms with Crippen LogP contribution in [0.3, 0.4) is 0 Å². The van der Waals surface area contributed by atoms with E-state index in [0.717, 1.165) is 25.7 Å². The third-order valence-electron chi connectivity index (χ3n) is 6.75. The molecule has 6 heteroatoms. The van der Waals surface area contributed by atoms with Crippen LogP contribution >= 0.6 is 0 Å². The second-order valence-corrected chi connectivity index (χ2v) is 9.92. The molecule has 2 saturated carbocycles. The van der Waals surface area contributed by atoms with E-state index in [1.54, 1.807) is 0 Å². The molecule has 27 heavy (non-hydrogen) atoms. The summed E-state index contributed by atoms with van der Waals surface area (Å²) < 4.78 is 22.3. The lowest BCUT2D eigenvalue weighted by atomic mass is 9.80. The molecular weight excluding hydrogens is 348 g/mol. The molecule has 8 unspecified atom stereocenters. The molecular formula is C21H32O6. The Balaban J connectivity index is 1.21. The van der Waals surface area contributed by atoms with Crippen molar-refractivity contribution in [3.63, 3.8) is 0 Å². The van der Waals surface area contributed by atoms with Crippen LogP contribution in [-0.2, 0) is 28.5 Å². The predicted molar refractivity (Wildman–Crippen MR) is 96.8 cm³/mol. The Morgan fingerprint density at radius 2 is 1.15 bits per heavy atom. The molecule has 6 nitrogen and oxygen atoms in total. The van der Waals surface area contributed by atoms with E-state index in [2.05, 4.69) is 13.8 Å². The summed E-state index contributed by atoms with van der Waals surface area (Å²) in [4.78, 5) is 25.0. The molecule has 0 N–H and O–H groups in total. The van der Waals surface area contributed by atoms with E-state index in [0.29, 0.717) is 24.0 Å². The van der Waals surface area contributed by atoms with E-state index in [1.807, 2.05) is 13.8 Å². The van der Waals surface area contributed by atoms with Crippen molar-refractivity contribution in [3.05, 3.63) is 0 Å². The van der Waals surface area contributed by atoms with Crippen molar-refractivity contribution in [2.75, 3.05) is 13.2 Å². The van der Waals surface area contributed by atoms with Gasteiger partial charge in [0.2, 0.25) is 0 Å². The summed E-state index contributed by atoms with van der Waals surface area (Å²) in [6.07, 6.45) is 4.64. The normalized spacial score (nSPS) is 42.5. The quantitative estimate of drug-likeness (QED) is 0.521. The Hall–Kier alpha value is -1.14. The molecule has 0 amide bonds. The van der Waals surface area contributed by atoms with Gasteiger partial charge < -0.3 is 18.9 Å². The summed E-state index contributed by atoms with van der Waals surface area (Å²) >= 11 is 0. The minimum Gasteiger partial charge on any atom is -0.465 e. The molecule has 2 aliphatic heterocycles. The van der Waals surface area contributed by atoms with E-state index in [4.69, 9.17) is 18.9 Å². The molecule has 2 heterocycles. The Bertz CT molecular complexity index is 551. The highest BCUT2D eigenvalue weighted by molar-refractivity contribution is 5.73. The van der Waals surface area contributed by atoms with Gasteiger partial charge in [0.05, 0.1) is 49.5 Å². The summed E-state index contributed by atoms with van der Waals surface area (Å²) in [5.74, 6) is 0.137. The molecule has 0 aromatic heterocycles. The first-order valence-corrected chi connectivity index (χ1v) is 10.4. The van der Waals surface area contributed by atoms with E-state index < -0.39 is 5.41 Å². The SMILES string of the molecule is CC1CC2OC2CC1C(=O)OCC(C)(C)COC(=O)C1CC2OC2CC1C. The number of carbonyl (C=O) groups is 2. The van der Waals surface area contributed by atoms with Crippen molar-refractivity contribution in [2.24, 2.45) is 29.1 Å². The van der Waals surface area contributed by atoms with Crippen LogP contribution in [0.1, 0.15) is 53.4 Å². The molecule has 8 atom stereocenters. The third kappa shape index (κ3) is 4.32. The van der Waals surface area contributed by atoms with Gasteiger partial charge in [-0.1, -0.05) is 27.7 Å². The van der Waals surface area contributed by atoms with Crippen LogP contribution in [0.15, 0.2) is 0 Å². The summed E-state index contributed by atoms with van der Waals surface area (Å²) in [7, 11) is 0. The average molecular weight is 380 g/mol. The van der Waals surface area contributed by atoms with E-state index in [1.165, 1.54) is 0 Å². The molecule has 4 fully saturated rings. The topological polar surface area (TPSA) is 77.7 Å². The second-order valence-electron chi connectivity index (χ2n) is 9.92. The van der Waals surface area contributed by atoms with Gasteiger partial charge in [-0.3, -0.25) is 9.59 Å². The number of hydrogen-bond acceptors (Lipinski definition) is 6. The van der Waals surface area contributed by atoms with Gasteiger partial charge in [-0.15, -0.1) is 0 Å². The van der Waals surface area contributed by atoms with E-state index in [-0.39, 0.29) is 49.2 Å². The number of epoxide rings is 2. The van der Waals surface area contributed by atoms with Gasteiger partial charge in [-0.25, -0.2) is 0 Å². The Morgan fingerprint density at radius 3 is 1.56 bits per heavy atom. The first-order valence-electron chi connectivity index (χ1n) is 10.4. The second kappa shape index (κ2) is 7.03. The Morgan fingerprint density at radius 1 is 0.778 bits per heavy atom. The monoisotopic (exact) mass is 380 g/mol. The van der Waals surface area contributed by atoms with Gasteiger partial charge in [-0.05, 0) is 37.5 Å². The highest BCUT2D eigenvalue weighted by Gasteiger charge is 2.50. The van der Waals surface area contributed by atoms with Gasteiger partial charge >= 0.3 is 11.9 Å². The Labute approximate surface area is 161 Å². The van der Waals surface area contributed by atoms with Crippen LogP contribution in [0.5, 0.6) is 0 Å². The summed E-state index contributed by atoms with van der Waals surface area (Å²) in [6, 6.07) is 0. The zero-order valence-corrected chi connectivity index (χ0v) is 16.8. The predicted octanol–water partition coefficient (Wildman–Crippen LogP) is 2.73. The van der Waals surface area contributed by atoms with Crippen LogP contribution in [0.2, 0.25) is 0 Å². The van der Waals surface area contributed by atoms with Crippen molar-refractivity contribution in [2.45, 2.75) is 77.8 Å². The van der Waals surface area contributed by atoms with Crippen LogP contribution in [0.25, 0.3) is 0 Å². The fraction of sp³-hybridized carbons (Fsp3) is 0.905. The summed E-state index contributed by atoms with van der Waals surface area (Å²) in [6.45, 7) is 8.62. The minimum atomic E-state index is -0.404. The zero-order chi connectivity index (χ0) is 19.3. The highest BCUT2D eigenvalue weighted by atomic mass is 16.6. The number of esters is 2. The van der Waals surface area contributed by atoms with Crippen LogP contribution in [-0.4, -0.2) is 49.6 Å². The highest BCUT2D eigenvalue weighted by Crippen LogP contribution is 2.44. The van der Waals surface area contributed by atoms with Gasteiger partial charge in [0, 0.05) is 5.41 Å². The van der Waals surface area contributed by atoms with Crippen LogP contribution < -0.4 is 0 Å². The van der Waals surface area contributed by atoms with Crippen molar-refractivity contribution >= 4 is 11.9 Å². The third-order valence-corrected chi connectivity index (χ3v) is 6.75. The smallest absolute Gasteiger partial charge is 0.309 e. The number of carbonyl (C=O) groups excluding carboxylic acids is 2. The largest absolute Gasteiger partial charge is 0.465 e. The van der Waals surface area contributed by atoms with Crippen molar-refractivity contribution in [1.82, 2.24) is 0 Å². The van der Waals surface area contributed by atoms with Crippen molar-refractivity contribution in [1.29, 1.82) is 0 Å². The van der Waals surface area contributed by atoms with Gasteiger partial charge in [-0.2, -0.15) is 0 Å². The molecule has 0 bridgehead atoms. The maximum atomic E-state index is 12.5.